The number of ether oxygens (including phenoxy) is 1. The van der Waals surface area contributed by atoms with E-state index in [0.29, 0.717) is 26.1 Å². The summed E-state index contributed by atoms with van der Waals surface area (Å²) in [6.07, 6.45) is 0.730. The number of benzene rings is 1. The van der Waals surface area contributed by atoms with Gasteiger partial charge in [-0.2, -0.15) is 0 Å². The second-order valence-corrected chi connectivity index (χ2v) is 5.03. The molecule has 0 spiro atoms. The Kier molecular flexibility index (Phi) is 5.71. The molecule has 21 heavy (non-hydrogen) atoms. The van der Waals surface area contributed by atoms with Crippen LogP contribution in [0.5, 0.6) is 0 Å². The van der Waals surface area contributed by atoms with E-state index >= 15 is 0 Å². The second kappa shape index (κ2) is 7.75. The minimum atomic E-state index is -0.0444. The van der Waals surface area contributed by atoms with E-state index in [4.69, 9.17) is 4.74 Å². The summed E-state index contributed by atoms with van der Waals surface area (Å²) in [4.78, 5) is 23.2. The zero-order valence-corrected chi connectivity index (χ0v) is 12.1. The molecule has 0 saturated carbocycles. The average molecular weight is 291 g/mol. The summed E-state index contributed by atoms with van der Waals surface area (Å²) in [6.45, 7) is 2.05. The van der Waals surface area contributed by atoms with E-state index in [1.165, 1.54) is 0 Å². The summed E-state index contributed by atoms with van der Waals surface area (Å²) in [5.74, 6) is -0.0767. The molecule has 1 aliphatic heterocycles. The van der Waals surface area contributed by atoms with Crippen LogP contribution in [0.3, 0.4) is 0 Å². The SMILES string of the molecule is CNC(=O)Cc1ccc(NC(=O)CC2COCCN2)cc1. The van der Waals surface area contributed by atoms with Gasteiger partial charge in [0.05, 0.1) is 19.6 Å². The number of likely N-dealkylation sites (N-methyl/N-ethyl adjacent to an activating group) is 1. The number of nitrogens with one attached hydrogen (secondary N) is 3. The van der Waals surface area contributed by atoms with Gasteiger partial charge in [0.25, 0.3) is 0 Å². The maximum Gasteiger partial charge on any atom is 0.226 e. The van der Waals surface area contributed by atoms with Crippen LogP contribution in [-0.2, 0) is 20.7 Å². The Hall–Kier alpha value is -1.92. The fraction of sp³-hybridized carbons (Fsp3) is 0.467. The van der Waals surface area contributed by atoms with Crippen LogP contribution < -0.4 is 16.0 Å². The summed E-state index contributed by atoms with van der Waals surface area (Å²) in [5, 5.41) is 8.67. The van der Waals surface area contributed by atoms with E-state index in [1.54, 1.807) is 19.2 Å². The summed E-state index contributed by atoms with van der Waals surface area (Å²) >= 11 is 0. The van der Waals surface area contributed by atoms with Crippen LogP contribution >= 0.6 is 0 Å². The number of morpholine rings is 1. The Morgan fingerprint density at radius 2 is 2.05 bits per heavy atom. The summed E-state index contributed by atoms with van der Waals surface area (Å²) in [6, 6.07) is 7.37. The summed E-state index contributed by atoms with van der Waals surface area (Å²) in [5.41, 5.74) is 1.65. The molecule has 1 heterocycles. The lowest BCUT2D eigenvalue weighted by Crippen LogP contribution is -2.43. The van der Waals surface area contributed by atoms with Crippen LogP contribution in [0.2, 0.25) is 0 Å². The van der Waals surface area contributed by atoms with E-state index in [1.807, 2.05) is 12.1 Å². The number of amides is 2. The Labute approximate surface area is 124 Å². The lowest BCUT2D eigenvalue weighted by Gasteiger charge is -2.23. The van der Waals surface area contributed by atoms with Crippen molar-refractivity contribution < 1.29 is 14.3 Å². The van der Waals surface area contributed by atoms with Gasteiger partial charge in [-0.05, 0) is 17.7 Å². The van der Waals surface area contributed by atoms with Gasteiger partial charge < -0.3 is 20.7 Å². The molecule has 0 aromatic heterocycles. The molecular weight excluding hydrogens is 270 g/mol. The third kappa shape index (κ3) is 5.17. The molecule has 6 heteroatoms. The second-order valence-electron chi connectivity index (χ2n) is 5.03. The Bertz CT molecular complexity index is 481. The Balaban J connectivity index is 1.81. The predicted octanol–water partition coefficient (Wildman–Crippen LogP) is 0.292. The van der Waals surface area contributed by atoms with Gasteiger partial charge in [-0.1, -0.05) is 12.1 Å². The van der Waals surface area contributed by atoms with Gasteiger partial charge >= 0.3 is 0 Å². The van der Waals surface area contributed by atoms with Crippen molar-refractivity contribution in [1.29, 1.82) is 0 Å². The fourth-order valence-corrected chi connectivity index (χ4v) is 2.17. The van der Waals surface area contributed by atoms with Gasteiger partial charge in [-0.3, -0.25) is 9.59 Å². The monoisotopic (exact) mass is 291 g/mol. The Morgan fingerprint density at radius 3 is 2.67 bits per heavy atom. The molecule has 1 aromatic carbocycles. The number of hydrogen-bond acceptors (Lipinski definition) is 4. The van der Waals surface area contributed by atoms with Crippen molar-refractivity contribution in [2.75, 3.05) is 32.1 Å². The van der Waals surface area contributed by atoms with Crippen LogP contribution in [0.4, 0.5) is 5.69 Å². The average Bonchev–Trinajstić information content (AvgIpc) is 2.50. The topological polar surface area (TPSA) is 79.5 Å². The maximum atomic E-state index is 11.9. The van der Waals surface area contributed by atoms with E-state index in [0.717, 1.165) is 17.8 Å². The molecule has 6 nitrogen and oxygen atoms in total. The third-order valence-corrected chi connectivity index (χ3v) is 3.31. The maximum absolute atomic E-state index is 11.9. The lowest BCUT2D eigenvalue weighted by molar-refractivity contribution is -0.120. The number of hydrogen-bond donors (Lipinski definition) is 3. The van der Waals surface area contributed by atoms with E-state index in [-0.39, 0.29) is 17.9 Å². The van der Waals surface area contributed by atoms with Gasteiger partial charge in [0.1, 0.15) is 0 Å². The number of carbonyl (C=O) groups excluding carboxylic acids is 2. The number of anilines is 1. The van der Waals surface area contributed by atoms with Crippen molar-refractivity contribution >= 4 is 17.5 Å². The lowest BCUT2D eigenvalue weighted by atomic mass is 10.1. The highest BCUT2D eigenvalue weighted by Gasteiger charge is 2.16. The first-order valence-corrected chi connectivity index (χ1v) is 7.08. The van der Waals surface area contributed by atoms with E-state index in [9.17, 15) is 9.59 Å². The quantitative estimate of drug-likeness (QED) is 0.728. The van der Waals surface area contributed by atoms with Crippen molar-refractivity contribution in [1.82, 2.24) is 10.6 Å². The summed E-state index contributed by atoms with van der Waals surface area (Å²) in [7, 11) is 1.61. The van der Waals surface area contributed by atoms with E-state index in [2.05, 4.69) is 16.0 Å². The third-order valence-electron chi connectivity index (χ3n) is 3.31. The van der Waals surface area contributed by atoms with Crippen molar-refractivity contribution in [2.24, 2.45) is 0 Å². The largest absolute Gasteiger partial charge is 0.378 e. The van der Waals surface area contributed by atoms with Gasteiger partial charge in [0, 0.05) is 31.7 Å². The Morgan fingerprint density at radius 1 is 1.29 bits per heavy atom. The molecular formula is C15H21N3O3. The smallest absolute Gasteiger partial charge is 0.226 e. The molecule has 1 saturated heterocycles. The highest BCUT2D eigenvalue weighted by atomic mass is 16.5. The van der Waals surface area contributed by atoms with E-state index < -0.39 is 0 Å². The number of carbonyl (C=O) groups is 2. The van der Waals surface area contributed by atoms with Crippen LogP contribution in [0.1, 0.15) is 12.0 Å². The molecule has 1 atom stereocenters. The zero-order chi connectivity index (χ0) is 15.1. The number of rotatable bonds is 5. The van der Waals surface area contributed by atoms with Gasteiger partial charge in [-0.25, -0.2) is 0 Å². The summed E-state index contributed by atoms with van der Waals surface area (Å²) < 4.78 is 5.32. The minimum absolute atomic E-state index is 0.0323. The molecule has 1 fully saturated rings. The first-order valence-electron chi connectivity index (χ1n) is 7.08. The van der Waals surface area contributed by atoms with Crippen molar-refractivity contribution in [3.63, 3.8) is 0 Å². The van der Waals surface area contributed by atoms with Gasteiger partial charge in [0.2, 0.25) is 11.8 Å². The van der Waals surface area contributed by atoms with Crippen molar-refractivity contribution in [3.8, 4) is 0 Å². The predicted molar refractivity (Wildman–Crippen MR) is 80.1 cm³/mol. The highest BCUT2D eigenvalue weighted by Crippen LogP contribution is 2.11. The molecule has 0 aliphatic carbocycles. The molecule has 1 aliphatic rings. The first-order chi connectivity index (χ1) is 10.2. The molecule has 1 unspecified atom stereocenters. The van der Waals surface area contributed by atoms with Crippen molar-refractivity contribution in [2.45, 2.75) is 18.9 Å². The van der Waals surface area contributed by atoms with Crippen LogP contribution in [0, 0.1) is 0 Å². The minimum Gasteiger partial charge on any atom is -0.378 e. The van der Waals surface area contributed by atoms with Crippen LogP contribution in [0.15, 0.2) is 24.3 Å². The molecule has 0 bridgehead atoms. The van der Waals surface area contributed by atoms with Gasteiger partial charge in [0.15, 0.2) is 0 Å². The van der Waals surface area contributed by atoms with Crippen LogP contribution in [-0.4, -0.2) is 44.7 Å². The fourth-order valence-electron chi connectivity index (χ4n) is 2.17. The normalized spacial score (nSPS) is 18.0. The molecule has 3 N–H and O–H groups in total. The molecule has 2 amide bonds. The molecule has 1 aromatic rings. The first kappa shape index (κ1) is 15.5. The molecule has 114 valence electrons. The molecule has 0 radical (unpaired) electrons. The van der Waals surface area contributed by atoms with Crippen molar-refractivity contribution in [3.05, 3.63) is 29.8 Å². The zero-order valence-electron chi connectivity index (χ0n) is 12.1. The van der Waals surface area contributed by atoms with Crippen LogP contribution in [0.25, 0.3) is 0 Å². The highest BCUT2D eigenvalue weighted by molar-refractivity contribution is 5.91. The van der Waals surface area contributed by atoms with Gasteiger partial charge in [-0.15, -0.1) is 0 Å². The standard InChI is InChI=1S/C15H21N3O3/c1-16-14(19)8-11-2-4-12(5-3-11)18-15(20)9-13-10-21-7-6-17-13/h2-5,13,17H,6-10H2,1H3,(H,16,19)(H,18,20). The molecule has 2 rings (SSSR count).